The third kappa shape index (κ3) is 3.81. The summed E-state index contributed by atoms with van der Waals surface area (Å²) in [4.78, 5) is 11.9. The minimum absolute atomic E-state index is 0.196. The van der Waals surface area contributed by atoms with Crippen molar-refractivity contribution in [1.82, 2.24) is 5.32 Å². The van der Waals surface area contributed by atoms with Crippen LogP contribution in [0.2, 0.25) is 0 Å². The molecule has 2 N–H and O–H groups in total. The summed E-state index contributed by atoms with van der Waals surface area (Å²) in [6.45, 7) is 0.408. The van der Waals surface area contributed by atoms with Crippen LogP contribution in [0.4, 0.5) is 4.39 Å². The number of rotatable bonds is 4. The van der Waals surface area contributed by atoms with Gasteiger partial charge in [-0.2, -0.15) is 0 Å². The number of halogens is 2. The predicted molar refractivity (Wildman–Crippen MR) is 78.2 cm³/mol. The topological polar surface area (TPSA) is 49.3 Å². The number of nitrogens with one attached hydrogen (secondary N) is 1. The number of carbonyl (C=O) groups is 1. The first-order valence-corrected chi connectivity index (χ1v) is 6.87. The third-order valence-corrected chi connectivity index (χ3v) is 3.47. The number of aromatic hydroxyl groups is 1. The molecule has 0 saturated carbocycles. The van der Waals surface area contributed by atoms with Crippen LogP contribution in [-0.4, -0.2) is 17.6 Å². The van der Waals surface area contributed by atoms with E-state index in [0.717, 1.165) is 5.56 Å². The molecule has 3 nitrogen and oxygen atoms in total. The Labute approximate surface area is 124 Å². The maximum Gasteiger partial charge on any atom is 0.252 e. The zero-order chi connectivity index (χ0) is 14.5. The van der Waals surface area contributed by atoms with Crippen LogP contribution in [0.25, 0.3) is 0 Å². The SMILES string of the molecule is O=C(NCCc1cccc(O)c1)c1cc(F)ccc1Br. The first kappa shape index (κ1) is 14.5. The van der Waals surface area contributed by atoms with Crippen molar-refractivity contribution >= 4 is 21.8 Å². The second kappa shape index (κ2) is 6.52. The lowest BCUT2D eigenvalue weighted by Crippen LogP contribution is -2.26. The Bertz CT molecular complexity index is 631. The van der Waals surface area contributed by atoms with Crippen molar-refractivity contribution in [3.63, 3.8) is 0 Å². The maximum absolute atomic E-state index is 13.1. The maximum atomic E-state index is 13.1. The van der Waals surface area contributed by atoms with Gasteiger partial charge in [0.15, 0.2) is 0 Å². The average Bonchev–Trinajstić information content (AvgIpc) is 2.41. The molecule has 0 atom stereocenters. The first-order chi connectivity index (χ1) is 9.56. The van der Waals surface area contributed by atoms with Gasteiger partial charge in [0.2, 0.25) is 0 Å². The standard InChI is InChI=1S/C15H13BrFNO2/c16-14-5-4-11(17)9-13(14)15(20)18-7-6-10-2-1-3-12(19)8-10/h1-5,8-9,19H,6-7H2,(H,18,20). The van der Waals surface area contributed by atoms with Crippen molar-refractivity contribution in [3.8, 4) is 5.75 Å². The van der Waals surface area contributed by atoms with Gasteiger partial charge >= 0.3 is 0 Å². The second-order valence-electron chi connectivity index (χ2n) is 4.30. The van der Waals surface area contributed by atoms with E-state index in [4.69, 9.17) is 0 Å². The van der Waals surface area contributed by atoms with Gasteiger partial charge in [-0.3, -0.25) is 4.79 Å². The lowest BCUT2D eigenvalue weighted by molar-refractivity contribution is 0.0953. The molecule has 0 radical (unpaired) electrons. The molecule has 2 rings (SSSR count). The Balaban J connectivity index is 1.94. The lowest BCUT2D eigenvalue weighted by atomic mass is 10.1. The highest BCUT2D eigenvalue weighted by Gasteiger charge is 2.10. The summed E-state index contributed by atoms with van der Waals surface area (Å²) >= 11 is 3.22. The van der Waals surface area contributed by atoms with E-state index in [0.29, 0.717) is 17.4 Å². The molecule has 2 aromatic carbocycles. The van der Waals surface area contributed by atoms with Crippen molar-refractivity contribution in [3.05, 3.63) is 63.9 Å². The number of carbonyl (C=O) groups excluding carboxylic acids is 1. The number of hydrogen-bond acceptors (Lipinski definition) is 2. The normalized spacial score (nSPS) is 10.3. The van der Waals surface area contributed by atoms with E-state index in [1.807, 2.05) is 6.07 Å². The molecule has 0 saturated heterocycles. The summed E-state index contributed by atoms with van der Waals surface area (Å²) in [5, 5.41) is 12.0. The van der Waals surface area contributed by atoms with Crippen LogP contribution in [0.1, 0.15) is 15.9 Å². The summed E-state index contributed by atoms with van der Waals surface area (Å²) in [6, 6.07) is 10.8. The Morgan fingerprint density at radius 1 is 1.25 bits per heavy atom. The van der Waals surface area contributed by atoms with E-state index in [9.17, 15) is 14.3 Å². The predicted octanol–water partition coefficient (Wildman–Crippen LogP) is 3.27. The van der Waals surface area contributed by atoms with Gasteiger partial charge in [0.05, 0.1) is 5.56 Å². The largest absolute Gasteiger partial charge is 0.508 e. The van der Waals surface area contributed by atoms with Gasteiger partial charge in [0, 0.05) is 11.0 Å². The first-order valence-electron chi connectivity index (χ1n) is 6.07. The molecule has 0 unspecified atom stereocenters. The van der Waals surface area contributed by atoms with Gasteiger partial charge in [0.25, 0.3) is 5.91 Å². The van der Waals surface area contributed by atoms with Gasteiger partial charge in [-0.25, -0.2) is 4.39 Å². The fourth-order valence-corrected chi connectivity index (χ4v) is 2.23. The van der Waals surface area contributed by atoms with Gasteiger partial charge in [-0.15, -0.1) is 0 Å². The Morgan fingerprint density at radius 2 is 2.05 bits per heavy atom. The fourth-order valence-electron chi connectivity index (χ4n) is 1.80. The van der Waals surface area contributed by atoms with E-state index in [1.165, 1.54) is 18.2 Å². The molecule has 20 heavy (non-hydrogen) atoms. The number of phenolic OH excluding ortho intramolecular Hbond substituents is 1. The molecule has 1 amide bonds. The molecule has 0 aromatic heterocycles. The van der Waals surface area contributed by atoms with Crippen LogP contribution in [-0.2, 0) is 6.42 Å². The van der Waals surface area contributed by atoms with Gasteiger partial charge in [-0.1, -0.05) is 12.1 Å². The van der Waals surface area contributed by atoms with Crippen molar-refractivity contribution in [2.75, 3.05) is 6.54 Å². The molecular weight excluding hydrogens is 325 g/mol. The fraction of sp³-hybridized carbons (Fsp3) is 0.133. The molecule has 0 fully saturated rings. The van der Waals surface area contributed by atoms with Gasteiger partial charge in [0.1, 0.15) is 11.6 Å². The molecule has 0 bridgehead atoms. The molecule has 5 heteroatoms. The number of amides is 1. The quantitative estimate of drug-likeness (QED) is 0.899. The smallest absolute Gasteiger partial charge is 0.252 e. The highest BCUT2D eigenvalue weighted by atomic mass is 79.9. The monoisotopic (exact) mass is 337 g/mol. The van der Waals surface area contributed by atoms with Crippen LogP contribution in [0.3, 0.4) is 0 Å². The van der Waals surface area contributed by atoms with Crippen LogP contribution < -0.4 is 5.32 Å². The van der Waals surface area contributed by atoms with E-state index < -0.39 is 5.82 Å². The molecule has 0 aliphatic rings. The zero-order valence-corrected chi connectivity index (χ0v) is 12.2. The molecule has 0 aliphatic carbocycles. The third-order valence-electron chi connectivity index (χ3n) is 2.78. The van der Waals surface area contributed by atoms with Crippen LogP contribution in [0.5, 0.6) is 5.75 Å². The molecule has 0 heterocycles. The Kier molecular flexibility index (Phi) is 4.74. The second-order valence-corrected chi connectivity index (χ2v) is 5.15. The summed E-state index contributed by atoms with van der Waals surface area (Å²) in [5.74, 6) is -0.593. The van der Waals surface area contributed by atoms with E-state index >= 15 is 0 Å². The van der Waals surface area contributed by atoms with Crippen molar-refractivity contribution < 1.29 is 14.3 Å². The Hall–Kier alpha value is -1.88. The van der Waals surface area contributed by atoms with Crippen LogP contribution in [0, 0.1) is 5.82 Å². The summed E-state index contributed by atoms with van der Waals surface area (Å²) in [5.41, 5.74) is 1.18. The van der Waals surface area contributed by atoms with Crippen LogP contribution >= 0.6 is 15.9 Å². The van der Waals surface area contributed by atoms with E-state index in [-0.39, 0.29) is 17.2 Å². The zero-order valence-electron chi connectivity index (χ0n) is 10.6. The number of phenols is 1. The van der Waals surface area contributed by atoms with Crippen molar-refractivity contribution in [2.24, 2.45) is 0 Å². The highest BCUT2D eigenvalue weighted by Crippen LogP contribution is 2.17. The minimum Gasteiger partial charge on any atom is -0.508 e. The molecule has 2 aromatic rings. The average molecular weight is 338 g/mol. The summed E-state index contributed by atoms with van der Waals surface area (Å²) in [6.07, 6.45) is 0.590. The molecule has 0 spiro atoms. The Morgan fingerprint density at radius 3 is 2.80 bits per heavy atom. The van der Waals surface area contributed by atoms with Gasteiger partial charge in [-0.05, 0) is 58.2 Å². The highest BCUT2D eigenvalue weighted by molar-refractivity contribution is 9.10. The molecule has 104 valence electrons. The van der Waals surface area contributed by atoms with E-state index in [1.54, 1.807) is 18.2 Å². The van der Waals surface area contributed by atoms with Gasteiger partial charge < -0.3 is 10.4 Å². The van der Waals surface area contributed by atoms with E-state index in [2.05, 4.69) is 21.2 Å². The van der Waals surface area contributed by atoms with Crippen molar-refractivity contribution in [2.45, 2.75) is 6.42 Å². The van der Waals surface area contributed by atoms with Crippen molar-refractivity contribution in [1.29, 1.82) is 0 Å². The number of hydrogen-bond donors (Lipinski definition) is 2. The summed E-state index contributed by atoms with van der Waals surface area (Å²) in [7, 11) is 0. The molecule has 0 aliphatic heterocycles. The van der Waals surface area contributed by atoms with Crippen LogP contribution in [0.15, 0.2) is 46.9 Å². The molecular formula is C15H13BrFNO2. The lowest BCUT2D eigenvalue weighted by Gasteiger charge is -2.07. The minimum atomic E-state index is -0.452. The summed E-state index contributed by atoms with van der Waals surface area (Å²) < 4.78 is 13.7. The number of benzene rings is 2.